The van der Waals surface area contributed by atoms with Crippen LogP contribution in [0.25, 0.3) is 259 Å². The lowest BCUT2D eigenvalue weighted by Gasteiger charge is -2.31. The van der Waals surface area contributed by atoms with Crippen molar-refractivity contribution in [1.29, 1.82) is 0 Å². The van der Waals surface area contributed by atoms with E-state index in [0.29, 0.717) is 29.0 Å². The third-order valence-corrected chi connectivity index (χ3v) is 30.7. The highest BCUT2D eigenvalue weighted by atomic mass is 16.5. The number of hydrogen-bond acceptors (Lipinski definition) is 9. The van der Waals surface area contributed by atoms with Crippen LogP contribution in [-0.2, 0) is 0 Å². The molecule has 0 spiro atoms. The predicted octanol–water partition coefficient (Wildman–Crippen LogP) is 34.4. The highest BCUT2D eigenvalue weighted by molar-refractivity contribution is 6.18. The second kappa shape index (κ2) is 35.4. The fourth-order valence-corrected chi connectivity index (χ4v) is 23.6. The largest absolute Gasteiger partial charge is 0.489 e. The topological polar surface area (TPSA) is 127 Å². The summed E-state index contributed by atoms with van der Waals surface area (Å²) in [5.74, 6) is 2.63. The highest BCUT2D eigenvalue weighted by Gasteiger charge is 2.41. The molecule has 22 aromatic carbocycles. The van der Waals surface area contributed by atoms with Crippen LogP contribution >= 0.6 is 0 Å². The summed E-state index contributed by atoms with van der Waals surface area (Å²) in [7, 11) is 0. The molecule has 31 rings (SSSR count). The third-order valence-electron chi connectivity index (χ3n) is 30.7. The number of ether oxygens (including phenoxy) is 1. The summed E-state index contributed by atoms with van der Waals surface area (Å²) >= 11 is 0. The Bertz CT molecular complexity index is 10400. The summed E-state index contributed by atoms with van der Waals surface area (Å²) in [6, 6.07) is 165. The minimum Gasteiger partial charge on any atom is -0.489 e. The van der Waals surface area contributed by atoms with E-state index < -0.39 is 0 Å². The van der Waals surface area contributed by atoms with Crippen LogP contribution in [-0.4, -0.2) is 59.7 Å². The maximum Gasteiger partial charge on any atom is 0.198 e. The molecule has 148 heavy (non-hydrogen) atoms. The van der Waals surface area contributed by atoms with Gasteiger partial charge in [0, 0.05) is 119 Å². The summed E-state index contributed by atoms with van der Waals surface area (Å²) in [4.78, 5) is 39.2. The Labute approximate surface area is 851 Å². The van der Waals surface area contributed by atoms with Gasteiger partial charge in [0.15, 0.2) is 17.1 Å². The van der Waals surface area contributed by atoms with Crippen LogP contribution in [0.4, 0.5) is 0 Å². The lowest BCUT2D eigenvalue weighted by atomic mass is 9.75. The molecule has 1 aliphatic heterocycles. The third kappa shape index (κ3) is 14.7. The molecule has 0 radical (unpaired) electrons. The molecule has 3 unspecified atom stereocenters. The maximum atomic E-state index is 6.49. The number of hydrogen-bond donors (Lipinski definition) is 0. The first-order valence-corrected chi connectivity index (χ1v) is 50.8. The van der Waals surface area contributed by atoms with Crippen LogP contribution in [0.5, 0.6) is 5.75 Å². The fraction of sp³-hybridized carbons (Fsp3) is 0.0441. The molecule has 8 heterocycles. The molecule has 0 amide bonds. The van der Waals surface area contributed by atoms with Crippen LogP contribution in [0.15, 0.2) is 486 Å². The Hall–Kier alpha value is -19.3. The van der Waals surface area contributed by atoms with Crippen molar-refractivity contribution in [2.24, 2.45) is 0 Å². The summed E-state index contributed by atoms with van der Waals surface area (Å²) in [6.45, 7) is 0. The van der Waals surface area contributed by atoms with Gasteiger partial charge in [0.2, 0.25) is 0 Å². The van der Waals surface area contributed by atoms with Crippen molar-refractivity contribution in [3.8, 4) is 101 Å². The van der Waals surface area contributed by atoms with Gasteiger partial charge in [-0.25, -0.2) is 29.9 Å². The molecule has 0 saturated heterocycles. The van der Waals surface area contributed by atoms with E-state index in [1.807, 2.05) is 30.6 Å². The Balaban J connectivity index is 0.000000105. The molecule has 3 atom stereocenters. The van der Waals surface area contributed by atoms with Crippen molar-refractivity contribution in [2.45, 2.75) is 37.2 Å². The lowest BCUT2D eigenvalue weighted by molar-refractivity contribution is 0.151. The molecular formula is C136H89N11O. The van der Waals surface area contributed by atoms with E-state index in [-0.39, 0.29) is 6.10 Å². The lowest BCUT2D eigenvalue weighted by Crippen LogP contribution is -2.27. The fourth-order valence-electron chi connectivity index (χ4n) is 23.6. The van der Waals surface area contributed by atoms with Gasteiger partial charge in [0.25, 0.3) is 0 Å². The van der Waals surface area contributed by atoms with E-state index >= 15 is 0 Å². The molecule has 1 saturated carbocycles. The summed E-state index contributed by atoms with van der Waals surface area (Å²) < 4.78 is 13.7. The monoisotopic (exact) mass is 1890 g/mol. The van der Waals surface area contributed by atoms with E-state index in [9.17, 15) is 0 Å². The Morgan fingerprint density at radius 3 is 1.31 bits per heavy atom. The second-order valence-corrected chi connectivity index (χ2v) is 39.1. The molecule has 12 heteroatoms. The highest BCUT2D eigenvalue weighted by Crippen LogP contribution is 2.52. The first kappa shape index (κ1) is 85.5. The number of fused-ring (bicyclic) bond motifs is 21. The maximum absolute atomic E-state index is 6.49. The average Bonchev–Trinajstić information content (AvgIpc) is 1.03. The van der Waals surface area contributed by atoms with Gasteiger partial charge in [-0.15, -0.1) is 0 Å². The molecule has 2 aliphatic rings. The molecule has 29 aromatic rings. The van der Waals surface area contributed by atoms with Gasteiger partial charge in [0.05, 0.1) is 72.4 Å². The first-order valence-electron chi connectivity index (χ1n) is 50.8. The second-order valence-electron chi connectivity index (χ2n) is 39.1. The van der Waals surface area contributed by atoms with Crippen LogP contribution < -0.4 is 4.74 Å². The minimum atomic E-state index is 0.216. The van der Waals surface area contributed by atoms with Crippen molar-refractivity contribution in [2.75, 3.05) is 0 Å². The molecule has 1 aliphatic carbocycles. The quantitative estimate of drug-likeness (QED) is 0.124. The predicted molar refractivity (Wildman–Crippen MR) is 611 cm³/mol. The van der Waals surface area contributed by atoms with E-state index in [0.717, 1.165) is 120 Å². The van der Waals surface area contributed by atoms with E-state index in [4.69, 9.17) is 34.6 Å². The SMILES string of the molecule is c1ccc(-c2ccc(-c3nc(-c4ccc(-n5c6ccccc6c6cc7ccccc7cc65)cc4)nc4ccc(-c5ccc6ccccc6c5)cc34)cc2)cc1.c1ccc(-c2nc3nccnc3nc2-c2ccc3cc(-n4c5ccccc5c5cc6ccccc6cc54)ccc3c2)cc1.c1ccc2c(c1)OC1CC(c3ccc(-c4ccc(-n5c6ccccc6c6cc7ccccc7cc65)c5ccccc45)c4nccnc34)CCC21. The number of para-hydroxylation sites is 4. The standard InChI is InChI=1S/C52H33N3.C46H33N3O.C38H23N5/c1-2-10-34(11-3-1)36-18-21-37(22-19-36)51-47-32-43(42-23-20-35-12-4-5-13-39(35)30-42)26-29-48(47)53-52(54-51)38-24-27-44(28-25-38)55-49-17-9-8-16-45(49)46-31-40-14-6-7-15-41(40)33-50(46)55;1-2-10-29-26-42-39(25-28(29)9-1)35-13-5-7-15-40(35)49(42)41-22-21-33(32-11-3-4-12-34(32)41)38-20-19-31(45-46(38)48-24-23-47-45)30-17-18-37-36-14-6-8-16-43(36)50-44(37)27-30;1-2-8-24(9-3-1)35-36(42-38-37(41-35)39-18-19-40-38)29-15-14-28-21-30(17-16-27(28)20-29)43-33-13-7-6-12-31(33)32-22-25-10-4-5-11-26(25)23-34(32)43/h1-33H;1-16,19-26,30,37,44H,17-18,27H2;1-23H. The van der Waals surface area contributed by atoms with Crippen LogP contribution in [0.3, 0.4) is 0 Å². The smallest absolute Gasteiger partial charge is 0.198 e. The number of aromatic nitrogens is 11. The molecule has 12 nitrogen and oxygen atoms in total. The minimum absolute atomic E-state index is 0.216. The van der Waals surface area contributed by atoms with Crippen molar-refractivity contribution in [1.82, 2.24) is 53.6 Å². The van der Waals surface area contributed by atoms with Gasteiger partial charge in [-0.3, -0.25) is 9.97 Å². The van der Waals surface area contributed by atoms with Crippen molar-refractivity contribution >= 4 is 163 Å². The van der Waals surface area contributed by atoms with E-state index in [1.54, 1.807) is 12.4 Å². The Morgan fingerprint density at radius 1 is 0.230 bits per heavy atom. The first-order chi connectivity index (χ1) is 73.3. The van der Waals surface area contributed by atoms with Gasteiger partial charge in [-0.05, 0) is 245 Å². The van der Waals surface area contributed by atoms with Gasteiger partial charge in [-0.2, -0.15) is 0 Å². The molecule has 7 aromatic heterocycles. The molecule has 694 valence electrons. The zero-order valence-electron chi connectivity index (χ0n) is 80.4. The van der Waals surface area contributed by atoms with Gasteiger partial charge in [-0.1, -0.05) is 334 Å². The number of rotatable bonds is 11. The number of benzene rings is 22. The van der Waals surface area contributed by atoms with E-state index in [2.05, 4.69) is 467 Å². The van der Waals surface area contributed by atoms with Crippen LogP contribution in [0.2, 0.25) is 0 Å². The average molecular weight is 1890 g/mol. The Morgan fingerprint density at radius 2 is 0.662 bits per heavy atom. The molecular weight excluding hydrogens is 1800 g/mol. The number of nitrogens with zero attached hydrogens (tertiary/aromatic N) is 11. The van der Waals surface area contributed by atoms with E-state index in [1.165, 1.54) is 158 Å². The van der Waals surface area contributed by atoms with Gasteiger partial charge in [0.1, 0.15) is 11.9 Å². The van der Waals surface area contributed by atoms with Crippen molar-refractivity contribution in [3.63, 3.8) is 0 Å². The van der Waals surface area contributed by atoms with Crippen LogP contribution in [0, 0.1) is 0 Å². The van der Waals surface area contributed by atoms with Crippen molar-refractivity contribution in [3.05, 3.63) is 497 Å². The van der Waals surface area contributed by atoms with Gasteiger partial charge < -0.3 is 18.4 Å². The summed E-state index contributed by atoms with van der Waals surface area (Å²) in [5, 5.41) is 23.2. The molecule has 0 bridgehead atoms. The summed E-state index contributed by atoms with van der Waals surface area (Å²) in [5.41, 5.74) is 30.7. The zero-order valence-corrected chi connectivity index (χ0v) is 80.4. The molecule has 0 N–H and O–H groups in total. The normalized spacial score (nSPS) is 14.0. The molecule has 1 fully saturated rings. The van der Waals surface area contributed by atoms with Gasteiger partial charge >= 0.3 is 0 Å². The summed E-state index contributed by atoms with van der Waals surface area (Å²) in [6.07, 6.45) is 10.4. The Kier molecular flexibility index (Phi) is 20.4. The van der Waals surface area contributed by atoms with Crippen molar-refractivity contribution < 1.29 is 4.74 Å². The zero-order chi connectivity index (χ0) is 97.4. The van der Waals surface area contributed by atoms with Crippen LogP contribution in [0.1, 0.15) is 42.2 Å².